The van der Waals surface area contributed by atoms with Crippen LogP contribution in [0.1, 0.15) is 6.42 Å². The van der Waals surface area contributed by atoms with Crippen molar-refractivity contribution < 1.29 is 24.5 Å². The average Bonchev–Trinajstić information content (AvgIpc) is 2.59. The van der Waals surface area contributed by atoms with E-state index in [9.17, 15) is 9.59 Å². The number of aromatic hydroxyl groups is 1. The lowest BCUT2D eigenvalue weighted by Gasteiger charge is -2.12. The van der Waals surface area contributed by atoms with Crippen LogP contribution in [0.4, 0.5) is 10.5 Å². The van der Waals surface area contributed by atoms with Gasteiger partial charge in [0, 0.05) is 5.69 Å². The molecule has 1 heterocycles. The number of aliphatic carboxylic acids is 1. The molecule has 1 aromatic rings. The van der Waals surface area contributed by atoms with Gasteiger partial charge in [-0.2, -0.15) is 0 Å². The van der Waals surface area contributed by atoms with Gasteiger partial charge in [-0.25, -0.2) is 4.79 Å². The molecule has 90 valence electrons. The number of hydrogen-bond acceptors (Lipinski definition) is 4. The fourth-order valence-electron chi connectivity index (χ4n) is 1.67. The zero-order valence-electron chi connectivity index (χ0n) is 8.87. The van der Waals surface area contributed by atoms with E-state index < -0.39 is 18.2 Å². The summed E-state index contributed by atoms with van der Waals surface area (Å²) in [5.41, 5.74) is 0.570. The number of nitrogens with zero attached hydrogens (tertiary/aromatic N) is 1. The van der Waals surface area contributed by atoms with E-state index in [1.165, 1.54) is 17.0 Å². The van der Waals surface area contributed by atoms with Crippen molar-refractivity contribution in [2.75, 3.05) is 11.4 Å². The van der Waals surface area contributed by atoms with Crippen LogP contribution in [0.2, 0.25) is 0 Å². The molecule has 0 radical (unpaired) electrons. The standard InChI is InChI=1S/C11H11NO5/c13-8-3-1-7(2-4-8)12-6-9(5-10(14)15)17-11(12)16/h1-4,9,13H,5-6H2,(H,14,15). The van der Waals surface area contributed by atoms with Crippen molar-refractivity contribution in [1.82, 2.24) is 0 Å². The van der Waals surface area contributed by atoms with Gasteiger partial charge >= 0.3 is 12.1 Å². The van der Waals surface area contributed by atoms with Crippen LogP contribution in [0.5, 0.6) is 5.75 Å². The molecule has 0 bridgehead atoms. The Morgan fingerprint density at radius 2 is 2.06 bits per heavy atom. The molecule has 6 heteroatoms. The molecule has 1 unspecified atom stereocenters. The molecule has 1 aromatic carbocycles. The summed E-state index contributed by atoms with van der Waals surface area (Å²) in [6, 6.07) is 6.04. The lowest BCUT2D eigenvalue weighted by atomic mass is 10.2. The third kappa shape index (κ3) is 2.47. The second kappa shape index (κ2) is 4.32. The highest BCUT2D eigenvalue weighted by Gasteiger charge is 2.33. The molecule has 6 nitrogen and oxygen atoms in total. The summed E-state index contributed by atoms with van der Waals surface area (Å²) < 4.78 is 4.91. The van der Waals surface area contributed by atoms with E-state index in [-0.39, 0.29) is 18.7 Å². The zero-order chi connectivity index (χ0) is 12.4. The van der Waals surface area contributed by atoms with Crippen molar-refractivity contribution in [3.63, 3.8) is 0 Å². The summed E-state index contributed by atoms with van der Waals surface area (Å²) >= 11 is 0. The van der Waals surface area contributed by atoms with Crippen LogP contribution in [0.15, 0.2) is 24.3 Å². The predicted octanol–water partition coefficient (Wildman–Crippen LogP) is 1.19. The number of anilines is 1. The highest BCUT2D eigenvalue weighted by Crippen LogP contribution is 2.24. The fourth-order valence-corrected chi connectivity index (χ4v) is 1.67. The molecular weight excluding hydrogens is 226 g/mol. The van der Waals surface area contributed by atoms with E-state index in [2.05, 4.69) is 0 Å². The van der Waals surface area contributed by atoms with Gasteiger partial charge in [0.25, 0.3) is 0 Å². The Morgan fingerprint density at radius 3 is 2.65 bits per heavy atom. The SMILES string of the molecule is O=C(O)CC1CN(c2ccc(O)cc2)C(=O)O1. The van der Waals surface area contributed by atoms with Crippen LogP contribution in [-0.4, -0.2) is 34.9 Å². The number of rotatable bonds is 3. The Bertz CT molecular complexity index is 442. The third-order valence-corrected chi connectivity index (χ3v) is 2.44. The molecule has 1 atom stereocenters. The number of hydrogen-bond donors (Lipinski definition) is 2. The number of carboxylic acids is 1. The van der Waals surface area contributed by atoms with Gasteiger partial charge in [-0.1, -0.05) is 0 Å². The highest BCUT2D eigenvalue weighted by atomic mass is 16.6. The molecule has 2 rings (SSSR count). The van der Waals surface area contributed by atoms with E-state index in [1.54, 1.807) is 12.1 Å². The number of carboxylic acid groups (broad SMARTS) is 1. The monoisotopic (exact) mass is 237 g/mol. The highest BCUT2D eigenvalue weighted by molar-refractivity contribution is 5.90. The first-order valence-corrected chi connectivity index (χ1v) is 5.05. The first-order valence-electron chi connectivity index (χ1n) is 5.05. The van der Waals surface area contributed by atoms with E-state index in [1.807, 2.05) is 0 Å². The number of benzene rings is 1. The van der Waals surface area contributed by atoms with Gasteiger partial charge in [0.05, 0.1) is 13.0 Å². The first-order chi connectivity index (χ1) is 8.06. The summed E-state index contributed by atoms with van der Waals surface area (Å²) in [6.07, 6.45) is -1.41. The minimum atomic E-state index is -1.00. The number of cyclic esters (lactones) is 1. The van der Waals surface area contributed by atoms with Crippen molar-refractivity contribution in [2.45, 2.75) is 12.5 Å². The molecule has 2 N–H and O–H groups in total. The Balaban J connectivity index is 2.10. The quantitative estimate of drug-likeness (QED) is 0.824. The van der Waals surface area contributed by atoms with Gasteiger partial charge in [-0.05, 0) is 24.3 Å². The van der Waals surface area contributed by atoms with Crippen molar-refractivity contribution in [1.29, 1.82) is 0 Å². The van der Waals surface area contributed by atoms with Crippen molar-refractivity contribution in [2.24, 2.45) is 0 Å². The maximum absolute atomic E-state index is 11.5. The minimum absolute atomic E-state index is 0.100. The Labute approximate surface area is 97.0 Å². The minimum Gasteiger partial charge on any atom is -0.508 e. The van der Waals surface area contributed by atoms with E-state index in [4.69, 9.17) is 14.9 Å². The molecule has 17 heavy (non-hydrogen) atoms. The number of ether oxygens (including phenoxy) is 1. The molecular formula is C11H11NO5. The van der Waals surface area contributed by atoms with Crippen molar-refractivity contribution >= 4 is 17.7 Å². The normalized spacial score (nSPS) is 19.2. The molecule has 1 fully saturated rings. The van der Waals surface area contributed by atoms with Crippen LogP contribution >= 0.6 is 0 Å². The average molecular weight is 237 g/mol. The summed E-state index contributed by atoms with van der Waals surface area (Å²) in [7, 11) is 0. The number of carbonyl (C=O) groups excluding carboxylic acids is 1. The lowest BCUT2D eigenvalue weighted by molar-refractivity contribution is -0.138. The lowest BCUT2D eigenvalue weighted by Crippen LogP contribution is -2.24. The summed E-state index contributed by atoms with van der Waals surface area (Å²) in [5.74, 6) is -0.904. The first kappa shape index (κ1) is 11.3. The zero-order valence-corrected chi connectivity index (χ0v) is 8.87. The third-order valence-electron chi connectivity index (χ3n) is 2.44. The molecule has 0 spiro atoms. The Hall–Kier alpha value is -2.24. The van der Waals surface area contributed by atoms with Crippen molar-refractivity contribution in [3.05, 3.63) is 24.3 Å². The van der Waals surface area contributed by atoms with Gasteiger partial charge in [0.15, 0.2) is 0 Å². The van der Waals surface area contributed by atoms with Crippen molar-refractivity contribution in [3.8, 4) is 5.75 Å². The molecule has 1 aliphatic heterocycles. The number of amides is 1. The van der Waals surface area contributed by atoms with Gasteiger partial charge in [-0.3, -0.25) is 9.69 Å². The van der Waals surface area contributed by atoms with Crippen LogP contribution in [-0.2, 0) is 9.53 Å². The molecule has 1 amide bonds. The predicted molar refractivity (Wildman–Crippen MR) is 58.0 cm³/mol. The van der Waals surface area contributed by atoms with E-state index >= 15 is 0 Å². The Morgan fingerprint density at radius 1 is 1.41 bits per heavy atom. The molecule has 1 aliphatic rings. The Kier molecular flexibility index (Phi) is 2.86. The fraction of sp³-hybridized carbons (Fsp3) is 0.273. The smallest absolute Gasteiger partial charge is 0.414 e. The van der Waals surface area contributed by atoms with Crippen LogP contribution < -0.4 is 4.90 Å². The number of phenols is 1. The molecule has 1 saturated heterocycles. The van der Waals surface area contributed by atoms with Crippen LogP contribution in [0, 0.1) is 0 Å². The van der Waals surface area contributed by atoms with Crippen LogP contribution in [0.3, 0.4) is 0 Å². The van der Waals surface area contributed by atoms with Gasteiger partial charge in [0.2, 0.25) is 0 Å². The van der Waals surface area contributed by atoms with E-state index in [0.717, 1.165) is 0 Å². The molecule has 0 aliphatic carbocycles. The largest absolute Gasteiger partial charge is 0.508 e. The second-order valence-corrected chi connectivity index (χ2v) is 3.73. The van der Waals surface area contributed by atoms with Gasteiger partial charge in [-0.15, -0.1) is 0 Å². The van der Waals surface area contributed by atoms with Crippen LogP contribution in [0.25, 0.3) is 0 Å². The number of carbonyl (C=O) groups is 2. The van der Waals surface area contributed by atoms with E-state index in [0.29, 0.717) is 5.69 Å². The molecule has 0 aromatic heterocycles. The topological polar surface area (TPSA) is 87.1 Å². The van der Waals surface area contributed by atoms with Gasteiger partial charge in [0.1, 0.15) is 11.9 Å². The summed E-state index contributed by atoms with van der Waals surface area (Å²) in [5, 5.41) is 17.7. The maximum Gasteiger partial charge on any atom is 0.414 e. The molecule has 0 saturated carbocycles. The maximum atomic E-state index is 11.5. The van der Waals surface area contributed by atoms with Gasteiger partial charge < -0.3 is 14.9 Å². The summed E-state index contributed by atoms with van der Waals surface area (Å²) in [6.45, 7) is 0.204. The summed E-state index contributed by atoms with van der Waals surface area (Å²) in [4.78, 5) is 23.3. The second-order valence-electron chi connectivity index (χ2n) is 3.73. The number of phenolic OH excluding ortho intramolecular Hbond substituents is 1.